The number of amides is 1. The molecule has 2 aromatic carbocycles. The van der Waals surface area contributed by atoms with E-state index in [9.17, 15) is 4.79 Å². The van der Waals surface area contributed by atoms with Crippen molar-refractivity contribution in [2.24, 2.45) is 0 Å². The van der Waals surface area contributed by atoms with E-state index >= 15 is 0 Å². The van der Waals surface area contributed by atoms with Gasteiger partial charge in [-0.3, -0.25) is 9.69 Å². The summed E-state index contributed by atoms with van der Waals surface area (Å²) in [5.41, 5.74) is 4.23. The van der Waals surface area contributed by atoms with E-state index in [1.54, 1.807) is 29.2 Å². The Morgan fingerprint density at radius 1 is 1.22 bits per heavy atom. The smallest absolute Gasteiger partial charge is 0.247 e. The van der Waals surface area contributed by atoms with Crippen LogP contribution in [-0.4, -0.2) is 26.8 Å². The number of carbonyl (C=O) groups is 1. The summed E-state index contributed by atoms with van der Waals surface area (Å²) in [5, 5.41) is 18.5. The van der Waals surface area contributed by atoms with Gasteiger partial charge in [-0.2, -0.15) is 10.2 Å². The Labute approximate surface area is 191 Å². The van der Waals surface area contributed by atoms with Crippen LogP contribution >= 0.6 is 11.8 Å². The molecule has 0 saturated carbocycles. The lowest BCUT2D eigenvalue weighted by Gasteiger charge is -2.30. The van der Waals surface area contributed by atoms with E-state index < -0.39 is 6.23 Å². The number of aromatic nitrogens is 3. The quantitative estimate of drug-likeness (QED) is 0.400. The minimum absolute atomic E-state index is 0.178. The minimum Gasteiger partial charge on any atom is -0.447 e. The standard InChI is InChI=1S/C24H23N5O2S/c1-4-5-12-32-24-26-22-21(27-28-24)19-13-15(2)6-11-20(19)29(16(3)30)23(31-22)18-9-7-17(14-25)8-10-18/h6-11,13,23H,4-5,12H2,1-3H3. The second kappa shape index (κ2) is 9.37. The number of hydrogen-bond donors (Lipinski definition) is 0. The average molecular weight is 446 g/mol. The number of benzene rings is 2. The molecular weight excluding hydrogens is 422 g/mol. The largest absolute Gasteiger partial charge is 0.447 e. The first kappa shape index (κ1) is 21.8. The predicted octanol–water partition coefficient (Wildman–Crippen LogP) is 5.06. The third-order valence-corrected chi connectivity index (χ3v) is 6.08. The van der Waals surface area contributed by atoms with E-state index in [2.05, 4.69) is 28.2 Å². The van der Waals surface area contributed by atoms with Crippen LogP contribution in [-0.2, 0) is 4.79 Å². The van der Waals surface area contributed by atoms with Gasteiger partial charge in [0.05, 0.1) is 17.3 Å². The molecule has 1 atom stereocenters. The number of ether oxygens (including phenoxy) is 1. The Hall–Kier alpha value is -3.44. The van der Waals surface area contributed by atoms with Gasteiger partial charge in [0, 0.05) is 23.8 Å². The number of fused-ring (bicyclic) bond motifs is 3. The molecule has 0 aliphatic carbocycles. The Bertz CT molecular complexity index is 1190. The number of hydrogen-bond acceptors (Lipinski definition) is 7. The molecule has 0 bridgehead atoms. The number of rotatable bonds is 5. The lowest BCUT2D eigenvalue weighted by Crippen LogP contribution is -2.36. The van der Waals surface area contributed by atoms with Gasteiger partial charge in [-0.05, 0) is 37.6 Å². The molecule has 0 saturated heterocycles. The fourth-order valence-corrected chi connectivity index (χ4v) is 4.39. The maximum atomic E-state index is 12.8. The van der Waals surface area contributed by atoms with Crippen molar-refractivity contribution < 1.29 is 9.53 Å². The zero-order chi connectivity index (χ0) is 22.7. The molecule has 2 heterocycles. The van der Waals surface area contributed by atoms with Gasteiger partial charge >= 0.3 is 0 Å². The van der Waals surface area contributed by atoms with Gasteiger partial charge in [-0.25, -0.2) is 0 Å². The number of unbranched alkanes of at least 4 members (excludes halogenated alkanes) is 1. The van der Waals surface area contributed by atoms with Crippen molar-refractivity contribution in [2.45, 2.75) is 45.0 Å². The second-order valence-electron chi connectivity index (χ2n) is 7.56. The highest BCUT2D eigenvalue weighted by atomic mass is 32.2. The number of aryl methyl sites for hydroxylation is 1. The van der Waals surface area contributed by atoms with Gasteiger partial charge in [-0.1, -0.05) is 48.9 Å². The zero-order valence-corrected chi connectivity index (χ0v) is 19.0. The predicted molar refractivity (Wildman–Crippen MR) is 123 cm³/mol. The van der Waals surface area contributed by atoms with Crippen molar-refractivity contribution in [2.75, 3.05) is 10.7 Å². The molecule has 32 heavy (non-hydrogen) atoms. The van der Waals surface area contributed by atoms with Crippen molar-refractivity contribution in [3.8, 4) is 23.2 Å². The molecule has 1 aliphatic rings. The molecule has 3 aromatic rings. The highest BCUT2D eigenvalue weighted by Crippen LogP contribution is 2.43. The van der Waals surface area contributed by atoms with Gasteiger partial charge in [0.25, 0.3) is 0 Å². The van der Waals surface area contributed by atoms with Crippen molar-refractivity contribution in [3.63, 3.8) is 0 Å². The summed E-state index contributed by atoms with van der Waals surface area (Å²) in [6.07, 6.45) is 1.39. The molecule has 1 aliphatic heterocycles. The molecule has 0 spiro atoms. The topological polar surface area (TPSA) is 92.0 Å². The second-order valence-corrected chi connectivity index (χ2v) is 8.63. The van der Waals surface area contributed by atoms with E-state index in [0.717, 1.165) is 35.3 Å². The van der Waals surface area contributed by atoms with Gasteiger partial charge in [0.2, 0.25) is 23.2 Å². The van der Waals surface area contributed by atoms with Crippen LogP contribution in [0.2, 0.25) is 0 Å². The average Bonchev–Trinajstić information content (AvgIpc) is 2.93. The molecule has 0 N–H and O–H groups in total. The molecule has 162 valence electrons. The number of thioether (sulfide) groups is 1. The molecule has 0 radical (unpaired) electrons. The summed E-state index contributed by atoms with van der Waals surface area (Å²) in [6, 6.07) is 14.9. The van der Waals surface area contributed by atoms with Crippen molar-refractivity contribution >= 4 is 23.4 Å². The van der Waals surface area contributed by atoms with Crippen LogP contribution in [0.4, 0.5) is 5.69 Å². The van der Waals surface area contributed by atoms with E-state index in [-0.39, 0.29) is 5.91 Å². The molecule has 1 amide bonds. The van der Waals surface area contributed by atoms with Gasteiger partial charge in [0.1, 0.15) is 0 Å². The number of carbonyl (C=O) groups excluding carboxylic acids is 1. The summed E-state index contributed by atoms with van der Waals surface area (Å²) in [5.74, 6) is 1.05. The summed E-state index contributed by atoms with van der Waals surface area (Å²) >= 11 is 1.54. The third-order valence-electron chi connectivity index (χ3n) is 5.15. The summed E-state index contributed by atoms with van der Waals surface area (Å²) in [4.78, 5) is 19.1. The number of anilines is 1. The summed E-state index contributed by atoms with van der Waals surface area (Å²) in [7, 11) is 0. The van der Waals surface area contributed by atoms with Crippen LogP contribution in [0, 0.1) is 18.3 Å². The van der Waals surface area contributed by atoms with Gasteiger partial charge < -0.3 is 4.74 Å². The van der Waals surface area contributed by atoms with Gasteiger partial charge in [0.15, 0.2) is 5.69 Å². The Morgan fingerprint density at radius 3 is 2.69 bits per heavy atom. The van der Waals surface area contributed by atoms with Crippen molar-refractivity contribution in [3.05, 3.63) is 59.2 Å². The first-order valence-corrected chi connectivity index (χ1v) is 11.5. The molecule has 0 fully saturated rings. The maximum absolute atomic E-state index is 12.8. The van der Waals surface area contributed by atoms with Crippen molar-refractivity contribution in [1.29, 1.82) is 5.26 Å². The van der Waals surface area contributed by atoms with Crippen molar-refractivity contribution in [1.82, 2.24) is 15.2 Å². The SMILES string of the molecule is CCCCSc1nnc2c(n1)OC(c1ccc(C#N)cc1)N(C(C)=O)c1ccc(C)cc1-2. The fourth-order valence-electron chi connectivity index (χ4n) is 3.53. The van der Waals surface area contributed by atoms with E-state index in [0.29, 0.717) is 28.0 Å². The highest BCUT2D eigenvalue weighted by molar-refractivity contribution is 7.99. The molecule has 4 rings (SSSR count). The third kappa shape index (κ3) is 4.30. The van der Waals surface area contributed by atoms with Crippen LogP contribution in [0.15, 0.2) is 47.6 Å². The normalized spacial score (nSPS) is 14.6. The van der Waals surface area contributed by atoms with Crippen LogP contribution in [0.25, 0.3) is 11.3 Å². The Morgan fingerprint density at radius 2 is 2.00 bits per heavy atom. The highest BCUT2D eigenvalue weighted by Gasteiger charge is 2.34. The van der Waals surface area contributed by atoms with E-state index in [1.807, 2.05) is 25.1 Å². The van der Waals surface area contributed by atoms with Crippen LogP contribution in [0.1, 0.15) is 49.6 Å². The monoisotopic (exact) mass is 445 g/mol. The fraction of sp³-hybridized carbons (Fsp3) is 0.292. The van der Waals surface area contributed by atoms with E-state index in [4.69, 9.17) is 10.00 Å². The van der Waals surface area contributed by atoms with Gasteiger partial charge in [-0.15, -0.1) is 10.2 Å². The van der Waals surface area contributed by atoms with Crippen LogP contribution in [0.3, 0.4) is 0 Å². The Balaban J connectivity index is 1.87. The number of nitrogens with zero attached hydrogens (tertiary/aromatic N) is 5. The summed E-state index contributed by atoms with van der Waals surface area (Å²) < 4.78 is 6.35. The minimum atomic E-state index is -0.756. The van der Waals surface area contributed by atoms with Crippen LogP contribution in [0.5, 0.6) is 5.88 Å². The molecule has 1 aromatic heterocycles. The maximum Gasteiger partial charge on any atom is 0.247 e. The molecular formula is C24H23N5O2S. The molecule has 8 heteroatoms. The lowest BCUT2D eigenvalue weighted by molar-refractivity contribution is -0.118. The molecule has 7 nitrogen and oxygen atoms in total. The Kier molecular flexibility index (Phi) is 6.37. The zero-order valence-electron chi connectivity index (χ0n) is 18.2. The van der Waals surface area contributed by atoms with E-state index in [1.165, 1.54) is 18.7 Å². The first-order chi connectivity index (χ1) is 15.5. The molecule has 1 unspecified atom stereocenters. The first-order valence-electron chi connectivity index (χ1n) is 10.5. The lowest BCUT2D eigenvalue weighted by atomic mass is 10.0. The summed E-state index contributed by atoms with van der Waals surface area (Å²) in [6.45, 7) is 5.63. The van der Waals surface area contributed by atoms with Crippen LogP contribution < -0.4 is 9.64 Å². The number of nitriles is 1.